The van der Waals surface area contributed by atoms with Gasteiger partial charge in [0.2, 0.25) is 0 Å². The molecule has 2 rings (SSSR count). The normalized spacial score (nSPS) is 20.4. The molecule has 0 saturated carbocycles. The Labute approximate surface area is 139 Å². The summed E-state index contributed by atoms with van der Waals surface area (Å²) in [4.78, 5) is 16.5. The summed E-state index contributed by atoms with van der Waals surface area (Å²) < 4.78 is 11.2. The zero-order valence-electron chi connectivity index (χ0n) is 13.4. The van der Waals surface area contributed by atoms with Crippen LogP contribution in [0.4, 0.5) is 4.79 Å². The Morgan fingerprint density at radius 2 is 2.05 bits per heavy atom. The Morgan fingerprint density at radius 3 is 2.59 bits per heavy atom. The number of thiophene rings is 1. The van der Waals surface area contributed by atoms with Crippen LogP contribution in [0.3, 0.4) is 0 Å². The lowest BCUT2D eigenvalue weighted by Crippen LogP contribution is -2.53. The van der Waals surface area contributed by atoms with E-state index in [1.807, 2.05) is 11.8 Å². The van der Waals surface area contributed by atoms with Crippen LogP contribution in [0.2, 0.25) is 0 Å². The van der Waals surface area contributed by atoms with E-state index in [1.165, 1.54) is 5.56 Å². The maximum Gasteiger partial charge on any atom is 0.317 e. The van der Waals surface area contributed by atoms with E-state index >= 15 is 0 Å². The minimum absolute atomic E-state index is 0.0409. The average molecular weight is 344 g/mol. The number of piperazine rings is 1. The van der Waals surface area contributed by atoms with Crippen molar-refractivity contribution in [3.8, 4) is 0 Å². The predicted molar refractivity (Wildman–Crippen MR) is 92.8 cm³/mol. The van der Waals surface area contributed by atoms with Gasteiger partial charge in [-0.25, -0.2) is 4.79 Å². The number of carbonyl (C=O) groups is 1. The molecular weight excluding hydrogens is 318 g/mol. The molecule has 0 spiro atoms. The second-order valence-corrected chi connectivity index (χ2v) is 8.11. The molecule has 7 heteroatoms. The van der Waals surface area contributed by atoms with Crippen molar-refractivity contribution in [2.45, 2.75) is 25.9 Å². The Balaban J connectivity index is 1.79. The summed E-state index contributed by atoms with van der Waals surface area (Å²) in [6.45, 7) is 7.37. The summed E-state index contributed by atoms with van der Waals surface area (Å²) in [6, 6.07) is 2.47. The fraction of sp³-hybridized carbons (Fsp3) is 0.667. The second-order valence-electron chi connectivity index (χ2n) is 5.85. The molecule has 124 valence electrons. The van der Waals surface area contributed by atoms with Crippen LogP contribution < -0.4 is 5.32 Å². The zero-order chi connectivity index (χ0) is 16.1. The van der Waals surface area contributed by atoms with Crippen LogP contribution in [0.25, 0.3) is 0 Å². The van der Waals surface area contributed by atoms with Gasteiger partial charge in [-0.2, -0.15) is 11.3 Å². The Kier molecular flexibility index (Phi) is 6.40. The van der Waals surface area contributed by atoms with Gasteiger partial charge >= 0.3 is 6.03 Å². The molecule has 1 saturated heterocycles. The first kappa shape index (κ1) is 17.4. The molecular formula is C15H25N3O2S2. The lowest BCUT2D eigenvalue weighted by atomic mass is 10.1. The summed E-state index contributed by atoms with van der Waals surface area (Å²) in [5.41, 5.74) is 1.35. The molecule has 1 aliphatic rings. The van der Waals surface area contributed by atoms with Crippen molar-refractivity contribution in [3.63, 3.8) is 0 Å². The first-order chi connectivity index (χ1) is 10.5. The van der Waals surface area contributed by atoms with Gasteiger partial charge in [0, 0.05) is 61.1 Å². The molecule has 0 bridgehead atoms. The van der Waals surface area contributed by atoms with Crippen molar-refractivity contribution in [2.24, 2.45) is 0 Å². The van der Waals surface area contributed by atoms with Crippen LogP contribution in [0.5, 0.6) is 0 Å². The van der Waals surface area contributed by atoms with E-state index in [4.69, 9.17) is 0 Å². The maximum absolute atomic E-state index is 12.2. The number of nitrogens with zero attached hydrogens (tertiary/aromatic N) is 2. The molecule has 1 aromatic rings. The number of hydrogen-bond acceptors (Lipinski definition) is 4. The van der Waals surface area contributed by atoms with Crippen LogP contribution in [0.15, 0.2) is 16.8 Å². The third-order valence-corrected chi connectivity index (χ3v) is 5.70. The first-order valence-corrected chi connectivity index (χ1v) is 10.3. The lowest BCUT2D eigenvalue weighted by Gasteiger charge is -2.38. The summed E-state index contributed by atoms with van der Waals surface area (Å²) >= 11 is 1.72. The number of carbonyl (C=O) groups excluding carboxylic acids is 1. The minimum atomic E-state index is -0.887. The topological polar surface area (TPSA) is 52.7 Å². The van der Waals surface area contributed by atoms with Crippen LogP contribution in [0.1, 0.15) is 25.5 Å². The third-order valence-electron chi connectivity index (χ3n) is 4.03. The molecule has 2 amide bonds. The van der Waals surface area contributed by atoms with E-state index in [1.54, 1.807) is 17.6 Å². The number of amides is 2. The quantitative estimate of drug-likeness (QED) is 0.888. The Hall–Kier alpha value is -0.920. The molecule has 0 unspecified atom stereocenters. The molecule has 2 heterocycles. The Morgan fingerprint density at radius 1 is 1.36 bits per heavy atom. The van der Waals surface area contributed by atoms with Crippen molar-refractivity contribution in [1.29, 1.82) is 0 Å². The minimum Gasteiger partial charge on any atom is -0.335 e. The molecule has 22 heavy (non-hydrogen) atoms. The lowest BCUT2D eigenvalue weighted by molar-refractivity contribution is 0.113. The summed E-state index contributed by atoms with van der Waals surface area (Å²) in [7, 11) is -0.887. The monoisotopic (exact) mass is 343 g/mol. The van der Waals surface area contributed by atoms with E-state index in [9.17, 15) is 9.00 Å². The zero-order valence-corrected chi connectivity index (χ0v) is 15.1. The number of nitrogens with one attached hydrogen (secondary N) is 1. The average Bonchev–Trinajstić information content (AvgIpc) is 2.99. The van der Waals surface area contributed by atoms with Crippen LogP contribution in [-0.2, 0) is 10.8 Å². The van der Waals surface area contributed by atoms with Crippen LogP contribution in [0, 0.1) is 0 Å². The third kappa shape index (κ3) is 4.79. The van der Waals surface area contributed by atoms with Gasteiger partial charge in [-0.05, 0) is 36.2 Å². The number of rotatable bonds is 5. The molecule has 5 nitrogen and oxygen atoms in total. The summed E-state index contributed by atoms with van der Waals surface area (Å²) in [6.07, 6.45) is 1.66. The van der Waals surface area contributed by atoms with Crippen molar-refractivity contribution in [3.05, 3.63) is 22.4 Å². The first-order valence-electron chi connectivity index (χ1n) is 7.59. The number of hydrogen-bond donors (Lipinski definition) is 1. The van der Waals surface area contributed by atoms with Gasteiger partial charge in [-0.3, -0.25) is 9.11 Å². The Bertz CT molecular complexity index is 499. The van der Waals surface area contributed by atoms with Crippen LogP contribution >= 0.6 is 11.3 Å². The molecule has 0 aromatic carbocycles. The van der Waals surface area contributed by atoms with E-state index in [-0.39, 0.29) is 12.1 Å². The molecule has 1 aliphatic heterocycles. The van der Waals surface area contributed by atoms with E-state index < -0.39 is 10.8 Å². The van der Waals surface area contributed by atoms with Gasteiger partial charge in [0.25, 0.3) is 0 Å². The SMILES string of the molecule is C[C@H](C[S@@](C)=O)NC(=O)N1CCN([C@@H](C)c2ccsc2)CC1. The van der Waals surface area contributed by atoms with Crippen molar-refractivity contribution < 1.29 is 9.00 Å². The molecule has 0 aliphatic carbocycles. The van der Waals surface area contributed by atoms with Gasteiger partial charge in [0.05, 0.1) is 0 Å². The summed E-state index contributed by atoms with van der Waals surface area (Å²) in [5.74, 6) is 0.501. The second kappa shape index (κ2) is 8.08. The fourth-order valence-electron chi connectivity index (χ4n) is 2.73. The predicted octanol–water partition coefficient (Wildman–Crippen LogP) is 1.90. The maximum atomic E-state index is 12.2. The van der Waals surface area contributed by atoms with E-state index in [2.05, 4.69) is 34.0 Å². The highest BCUT2D eigenvalue weighted by atomic mass is 32.2. The van der Waals surface area contributed by atoms with Crippen molar-refractivity contribution in [1.82, 2.24) is 15.1 Å². The van der Waals surface area contributed by atoms with Gasteiger partial charge in [-0.1, -0.05) is 0 Å². The smallest absolute Gasteiger partial charge is 0.317 e. The number of urea groups is 1. The highest BCUT2D eigenvalue weighted by Crippen LogP contribution is 2.23. The highest BCUT2D eigenvalue weighted by molar-refractivity contribution is 7.84. The van der Waals surface area contributed by atoms with E-state index in [0.717, 1.165) is 26.2 Å². The van der Waals surface area contributed by atoms with E-state index in [0.29, 0.717) is 11.8 Å². The largest absolute Gasteiger partial charge is 0.335 e. The molecule has 3 atom stereocenters. The van der Waals surface area contributed by atoms with Gasteiger partial charge in [0.15, 0.2) is 0 Å². The molecule has 1 aromatic heterocycles. The summed E-state index contributed by atoms with van der Waals surface area (Å²) in [5, 5.41) is 7.23. The molecule has 1 N–H and O–H groups in total. The fourth-order valence-corrected chi connectivity index (χ4v) is 4.27. The van der Waals surface area contributed by atoms with Crippen LogP contribution in [-0.4, -0.2) is 64.3 Å². The molecule has 0 radical (unpaired) electrons. The van der Waals surface area contributed by atoms with Crippen molar-refractivity contribution in [2.75, 3.05) is 38.2 Å². The van der Waals surface area contributed by atoms with Gasteiger partial charge < -0.3 is 10.2 Å². The highest BCUT2D eigenvalue weighted by Gasteiger charge is 2.25. The van der Waals surface area contributed by atoms with Crippen molar-refractivity contribution >= 4 is 28.2 Å². The standard InChI is InChI=1S/C15H25N3O2S2/c1-12(11-22(3)20)16-15(19)18-7-5-17(6-8-18)13(2)14-4-9-21-10-14/h4,9-10,12-13H,5-8,11H2,1-3H3,(H,16,19)/t12-,13+,22-/m1/s1. The van der Waals surface area contributed by atoms with Gasteiger partial charge in [0.1, 0.15) is 0 Å². The molecule has 1 fully saturated rings. The van der Waals surface area contributed by atoms with Gasteiger partial charge in [-0.15, -0.1) is 0 Å².